The van der Waals surface area contributed by atoms with E-state index in [2.05, 4.69) is 20.1 Å². The summed E-state index contributed by atoms with van der Waals surface area (Å²) in [6, 6.07) is 0. The van der Waals surface area contributed by atoms with Crippen molar-refractivity contribution in [1.29, 1.82) is 0 Å². The molecule has 3 nitrogen and oxygen atoms in total. The van der Waals surface area contributed by atoms with Gasteiger partial charge in [-0.15, -0.1) is 0 Å². The van der Waals surface area contributed by atoms with Crippen molar-refractivity contribution in [3.8, 4) is 0 Å². The molecule has 0 aromatic carbocycles. The first kappa shape index (κ1) is 17.6. The largest absolute Gasteiger partial charge is 0.275 e. The second-order valence-corrected chi connectivity index (χ2v) is 4.71. The summed E-state index contributed by atoms with van der Waals surface area (Å²) in [5.41, 5.74) is 0. The molecule has 3 heteroatoms. The van der Waals surface area contributed by atoms with Gasteiger partial charge in [-0.2, -0.15) is 0 Å². The van der Waals surface area contributed by atoms with Crippen LogP contribution in [-0.2, 0) is 9.59 Å². The Hall–Kier alpha value is -1.38. The van der Waals surface area contributed by atoms with E-state index in [9.17, 15) is 9.59 Å². The Labute approximate surface area is 117 Å². The number of hydrogen-bond donors (Lipinski definition) is 0. The van der Waals surface area contributed by atoms with Gasteiger partial charge in [-0.25, -0.2) is 0 Å². The van der Waals surface area contributed by atoms with E-state index in [1.54, 1.807) is 0 Å². The van der Waals surface area contributed by atoms with Crippen molar-refractivity contribution in [3.63, 3.8) is 0 Å². The first-order chi connectivity index (χ1) is 9.17. The van der Waals surface area contributed by atoms with Crippen LogP contribution >= 0.6 is 0 Å². The molecular formula is C16H27NO2. The van der Waals surface area contributed by atoms with E-state index >= 15 is 0 Å². The Balaban J connectivity index is 3.76. The zero-order valence-electron chi connectivity index (χ0n) is 12.2. The van der Waals surface area contributed by atoms with Crippen molar-refractivity contribution in [2.24, 2.45) is 0 Å². The van der Waals surface area contributed by atoms with Crippen molar-refractivity contribution < 1.29 is 9.59 Å². The maximum Gasteiger partial charge on any atom is 0.252 e. The highest BCUT2D eigenvalue weighted by molar-refractivity contribution is 6.04. The highest BCUT2D eigenvalue weighted by Gasteiger charge is 2.15. The highest BCUT2D eigenvalue weighted by Crippen LogP contribution is 2.09. The Morgan fingerprint density at radius 1 is 0.842 bits per heavy atom. The molecule has 0 aromatic rings. The molecule has 19 heavy (non-hydrogen) atoms. The number of rotatable bonds is 11. The first-order valence-corrected chi connectivity index (χ1v) is 7.27. The lowest BCUT2D eigenvalue weighted by Crippen LogP contribution is -2.35. The molecular weight excluding hydrogens is 238 g/mol. The molecule has 108 valence electrons. The molecule has 0 saturated carbocycles. The highest BCUT2D eigenvalue weighted by atomic mass is 16.2. The van der Waals surface area contributed by atoms with Crippen molar-refractivity contribution in [1.82, 2.24) is 4.90 Å². The van der Waals surface area contributed by atoms with Gasteiger partial charge in [-0.05, 0) is 18.6 Å². The molecule has 0 aliphatic carbocycles. The van der Waals surface area contributed by atoms with Crippen LogP contribution in [0.25, 0.3) is 0 Å². The summed E-state index contributed by atoms with van der Waals surface area (Å²) in [6.45, 7) is 9.49. The van der Waals surface area contributed by atoms with E-state index in [1.807, 2.05) is 0 Å². The quantitative estimate of drug-likeness (QED) is 0.420. The van der Waals surface area contributed by atoms with Gasteiger partial charge in [-0.1, -0.05) is 65.0 Å². The summed E-state index contributed by atoms with van der Waals surface area (Å²) in [4.78, 5) is 24.2. The molecule has 0 atom stereocenters. The van der Waals surface area contributed by atoms with Gasteiger partial charge >= 0.3 is 0 Å². The minimum absolute atomic E-state index is 0.340. The number of carbonyl (C=O) groups is 2. The fourth-order valence-electron chi connectivity index (χ4n) is 1.95. The fourth-order valence-corrected chi connectivity index (χ4v) is 1.95. The summed E-state index contributed by atoms with van der Waals surface area (Å²) < 4.78 is 0. The lowest BCUT2D eigenvalue weighted by atomic mass is 10.1. The molecule has 0 aromatic heterocycles. The molecule has 0 bridgehead atoms. The zero-order chi connectivity index (χ0) is 14.5. The van der Waals surface area contributed by atoms with Crippen LogP contribution in [0.2, 0.25) is 0 Å². The summed E-state index contributed by atoms with van der Waals surface area (Å²) in [5, 5.41) is 0. The maximum absolute atomic E-state index is 11.5. The van der Waals surface area contributed by atoms with Crippen LogP contribution in [0.4, 0.5) is 0 Å². The third kappa shape index (κ3) is 8.36. The predicted octanol–water partition coefficient (Wildman–Crippen LogP) is 3.85. The normalized spacial score (nSPS) is 9.95. The van der Waals surface area contributed by atoms with E-state index in [4.69, 9.17) is 0 Å². The summed E-state index contributed by atoms with van der Waals surface area (Å²) in [5.74, 6) is -0.680. The fraction of sp³-hybridized carbons (Fsp3) is 0.625. The number of unbranched alkanes of at least 4 members (excludes halogenated alkanes) is 7. The first-order valence-electron chi connectivity index (χ1n) is 7.27. The zero-order valence-corrected chi connectivity index (χ0v) is 12.2. The van der Waals surface area contributed by atoms with Crippen LogP contribution in [0, 0.1) is 0 Å². The monoisotopic (exact) mass is 265 g/mol. The molecule has 0 radical (unpaired) electrons. The lowest BCUT2D eigenvalue weighted by molar-refractivity contribution is -0.138. The van der Waals surface area contributed by atoms with Gasteiger partial charge < -0.3 is 0 Å². The topological polar surface area (TPSA) is 37.4 Å². The average molecular weight is 265 g/mol. The van der Waals surface area contributed by atoms with Gasteiger partial charge in [-0.3, -0.25) is 14.5 Å². The smallest absolute Gasteiger partial charge is 0.252 e. The van der Waals surface area contributed by atoms with E-state index < -0.39 is 0 Å². The molecule has 0 rings (SSSR count). The number of amides is 2. The van der Waals surface area contributed by atoms with Crippen LogP contribution < -0.4 is 0 Å². The minimum Gasteiger partial charge on any atom is -0.275 e. The van der Waals surface area contributed by atoms with Crippen LogP contribution in [0.15, 0.2) is 25.3 Å². The molecule has 0 heterocycles. The minimum atomic E-state index is -0.340. The van der Waals surface area contributed by atoms with Gasteiger partial charge in [0.1, 0.15) is 0 Å². The van der Waals surface area contributed by atoms with E-state index in [1.165, 1.54) is 55.6 Å². The van der Waals surface area contributed by atoms with E-state index in [0.717, 1.165) is 12.8 Å². The van der Waals surface area contributed by atoms with E-state index in [-0.39, 0.29) is 11.8 Å². The van der Waals surface area contributed by atoms with Crippen LogP contribution in [0.5, 0.6) is 0 Å². The van der Waals surface area contributed by atoms with Gasteiger partial charge in [0.05, 0.1) is 0 Å². The van der Waals surface area contributed by atoms with Crippen molar-refractivity contribution in [2.45, 2.75) is 58.3 Å². The Morgan fingerprint density at radius 2 is 1.26 bits per heavy atom. The van der Waals surface area contributed by atoms with Crippen LogP contribution in [-0.4, -0.2) is 23.3 Å². The molecule has 0 aliphatic rings. The van der Waals surface area contributed by atoms with Gasteiger partial charge in [0.2, 0.25) is 0 Å². The number of carbonyl (C=O) groups excluding carboxylic acids is 2. The summed E-state index contributed by atoms with van der Waals surface area (Å²) in [7, 11) is 0. The Kier molecular flexibility index (Phi) is 10.8. The van der Waals surface area contributed by atoms with Crippen LogP contribution in [0.3, 0.4) is 0 Å². The molecule has 0 N–H and O–H groups in total. The van der Waals surface area contributed by atoms with Crippen molar-refractivity contribution in [3.05, 3.63) is 25.3 Å². The van der Waals surface area contributed by atoms with Crippen molar-refractivity contribution >= 4 is 11.8 Å². The Morgan fingerprint density at radius 3 is 1.68 bits per heavy atom. The second kappa shape index (κ2) is 11.7. The molecule has 0 aliphatic heterocycles. The molecule has 2 amide bonds. The van der Waals surface area contributed by atoms with E-state index in [0.29, 0.717) is 6.54 Å². The van der Waals surface area contributed by atoms with Gasteiger partial charge in [0.25, 0.3) is 11.8 Å². The summed E-state index contributed by atoms with van der Waals surface area (Å²) in [6.07, 6.45) is 11.8. The van der Waals surface area contributed by atoms with Gasteiger partial charge in [0.15, 0.2) is 0 Å². The SMILES string of the molecule is C=CC(=O)N(CCCCCCCCCC)C(=O)C=C. The second-order valence-electron chi connectivity index (χ2n) is 4.71. The Bertz CT molecular complexity index is 277. The predicted molar refractivity (Wildman–Crippen MR) is 79.7 cm³/mol. The molecule has 0 saturated heterocycles. The molecule has 0 unspecified atom stereocenters. The third-order valence-electron chi connectivity index (χ3n) is 3.12. The maximum atomic E-state index is 11.5. The van der Waals surface area contributed by atoms with Crippen LogP contribution in [0.1, 0.15) is 58.3 Å². The summed E-state index contributed by atoms with van der Waals surface area (Å²) >= 11 is 0. The molecule has 0 spiro atoms. The number of imide groups is 1. The van der Waals surface area contributed by atoms with Crippen molar-refractivity contribution in [2.75, 3.05) is 6.54 Å². The van der Waals surface area contributed by atoms with Gasteiger partial charge in [0, 0.05) is 6.54 Å². The number of hydrogen-bond acceptors (Lipinski definition) is 2. The average Bonchev–Trinajstić information content (AvgIpc) is 2.44. The lowest BCUT2D eigenvalue weighted by Gasteiger charge is -2.17. The molecule has 0 fully saturated rings. The third-order valence-corrected chi connectivity index (χ3v) is 3.12. The number of nitrogens with zero attached hydrogens (tertiary/aromatic N) is 1. The standard InChI is InChI=1S/C16H27NO2/c1-4-7-8-9-10-11-12-13-14-17(15(18)5-2)16(19)6-3/h5-6H,2-4,7-14H2,1H3.